The van der Waals surface area contributed by atoms with Gasteiger partial charge >= 0.3 is 0 Å². The molecule has 0 heterocycles. The van der Waals surface area contributed by atoms with Crippen LogP contribution < -0.4 is 20.1 Å². The van der Waals surface area contributed by atoms with Crippen molar-refractivity contribution in [3.05, 3.63) is 42.5 Å². The lowest BCUT2D eigenvalue weighted by molar-refractivity contribution is -0.114. The number of nitrogens with one attached hydrogen (secondary N) is 2. The maximum atomic E-state index is 12.2. The molecule has 6 nitrogen and oxygen atoms in total. The highest BCUT2D eigenvalue weighted by atomic mass is 32.2. The molecule has 2 rings (SSSR count). The van der Waals surface area contributed by atoms with Gasteiger partial charge in [0.15, 0.2) is 0 Å². The highest BCUT2D eigenvalue weighted by molar-refractivity contribution is 8.00. The van der Waals surface area contributed by atoms with Crippen LogP contribution in [0.3, 0.4) is 0 Å². The number of thioether (sulfide) groups is 1. The maximum Gasteiger partial charge on any atom is 0.234 e. The van der Waals surface area contributed by atoms with Gasteiger partial charge < -0.3 is 20.1 Å². The Morgan fingerprint density at radius 1 is 0.960 bits per heavy atom. The summed E-state index contributed by atoms with van der Waals surface area (Å²) in [6.07, 6.45) is 0. The summed E-state index contributed by atoms with van der Waals surface area (Å²) in [6, 6.07) is 12.5. The van der Waals surface area contributed by atoms with E-state index in [0.717, 1.165) is 4.90 Å². The van der Waals surface area contributed by atoms with E-state index in [0.29, 0.717) is 22.9 Å². The van der Waals surface area contributed by atoms with Crippen molar-refractivity contribution in [2.75, 3.05) is 30.6 Å². The van der Waals surface area contributed by atoms with Gasteiger partial charge in [0.1, 0.15) is 11.5 Å². The summed E-state index contributed by atoms with van der Waals surface area (Å²) < 4.78 is 10.4. The summed E-state index contributed by atoms with van der Waals surface area (Å²) >= 11 is 1.38. The molecule has 2 amide bonds. The molecular weight excluding hydrogens is 340 g/mol. The molecule has 0 aromatic heterocycles. The van der Waals surface area contributed by atoms with Crippen molar-refractivity contribution in [2.45, 2.75) is 11.8 Å². The predicted octanol–water partition coefficient (Wildman–Crippen LogP) is 3.39. The van der Waals surface area contributed by atoms with Gasteiger partial charge in [-0.05, 0) is 18.2 Å². The lowest BCUT2D eigenvalue weighted by Gasteiger charge is -2.10. The van der Waals surface area contributed by atoms with E-state index in [1.54, 1.807) is 38.5 Å². The van der Waals surface area contributed by atoms with Crippen LogP contribution in [0.5, 0.6) is 11.5 Å². The number of amides is 2. The van der Waals surface area contributed by atoms with Crippen LogP contribution in [0, 0.1) is 0 Å². The number of carbonyl (C=O) groups is 2. The molecule has 0 saturated heterocycles. The minimum Gasteiger partial charge on any atom is -0.497 e. The average Bonchev–Trinajstić information content (AvgIpc) is 2.59. The molecule has 0 aliphatic carbocycles. The number of carbonyl (C=O) groups excluding carboxylic acids is 2. The van der Waals surface area contributed by atoms with Crippen LogP contribution in [-0.4, -0.2) is 31.8 Å². The molecule has 0 saturated carbocycles. The number of ether oxygens (including phenoxy) is 2. The third-order valence-electron chi connectivity index (χ3n) is 3.16. The van der Waals surface area contributed by atoms with E-state index in [-0.39, 0.29) is 17.6 Å². The Balaban J connectivity index is 1.96. The van der Waals surface area contributed by atoms with Crippen LogP contribution in [0.15, 0.2) is 47.4 Å². The third kappa shape index (κ3) is 6.04. The zero-order chi connectivity index (χ0) is 18.2. The normalized spacial score (nSPS) is 10.0. The van der Waals surface area contributed by atoms with Crippen LogP contribution in [0.1, 0.15) is 6.92 Å². The van der Waals surface area contributed by atoms with Crippen LogP contribution in [0.2, 0.25) is 0 Å². The number of rotatable bonds is 7. The van der Waals surface area contributed by atoms with Gasteiger partial charge in [0.2, 0.25) is 11.8 Å². The minimum absolute atomic E-state index is 0.133. The summed E-state index contributed by atoms with van der Waals surface area (Å²) in [5, 5.41) is 5.54. The lowest BCUT2D eigenvalue weighted by atomic mass is 10.2. The average molecular weight is 360 g/mol. The van der Waals surface area contributed by atoms with E-state index in [1.165, 1.54) is 18.7 Å². The Bertz CT molecular complexity index is 742. The quantitative estimate of drug-likeness (QED) is 0.740. The van der Waals surface area contributed by atoms with E-state index in [9.17, 15) is 9.59 Å². The minimum atomic E-state index is -0.148. The van der Waals surface area contributed by atoms with Crippen molar-refractivity contribution in [3.8, 4) is 11.5 Å². The Kier molecular flexibility index (Phi) is 6.71. The molecular formula is C18H20N2O4S. The first-order valence-corrected chi connectivity index (χ1v) is 8.52. The lowest BCUT2D eigenvalue weighted by Crippen LogP contribution is -2.14. The van der Waals surface area contributed by atoms with Gasteiger partial charge in [0, 0.05) is 41.4 Å². The number of benzene rings is 2. The zero-order valence-electron chi connectivity index (χ0n) is 14.3. The van der Waals surface area contributed by atoms with Crippen molar-refractivity contribution >= 4 is 35.0 Å². The summed E-state index contributed by atoms with van der Waals surface area (Å²) in [5.74, 6) is 1.16. The second kappa shape index (κ2) is 8.98. The van der Waals surface area contributed by atoms with Crippen molar-refractivity contribution in [1.82, 2.24) is 0 Å². The molecule has 0 spiro atoms. The molecule has 0 radical (unpaired) electrons. The Morgan fingerprint density at radius 3 is 2.24 bits per heavy atom. The van der Waals surface area contributed by atoms with Gasteiger partial charge in [-0.2, -0.15) is 0 Å². The van der Waals surface area contributed by atoms with E-state index >= 15 is 0 Å². The predicted molar refractivity (Wildman–Crippen MR) is 99.6 cm³/mol. The Morgan fingerprint density at radius 2 is 1.64 bits per heavy atom. The van der Waals surface area contributed by atoms with E-state index in [4.69, 9.17) is 9.47 Å². The molecule has 132 valence electrons. The zero-order valence-corrected chi connectivity index (χ0v) is 15.1. The van der Waals surface area contributed by atoms with Crippen LogP contribution in [0.25, 0.3) is 0 Å². The summed E-state index contributed by atoms with van der Waals surface area (Å²) in [5.41, 5.74) is 1.31. The van der Waals surface area contributed by atoms with Crippen molar-refractivity contribution in [1.29, 1.82) is 0 Å². The van der Waals surface area contributed by atoms with Crippen LogP contribution >= 0.6 is 11.8 Å². The van der Waals surface area contributed by atoms with E-state index in [2.05, 4.69) is 10.6 Å². The SMILES string of the molecule is COc1cc(NC(=O)CSc2cccc(NC(C)=O)c2)cc(OC)c1. The Hall–Kier alpha value is -2.67. The first kappa shape index (κ1) is 18.7. The number of methoxy groups -OCH3 is 2. The standard InChI is InChI=1S/C18H20N2O4S/c1-12(21)19-13-5-4-6-17(9-13)25-11-18(22)20-14-7-15(23-2)10-16(8-14)24-3/h4-10H,11H2,1-3H3,(H,19,21)(H,20,22). The third-order valence-corrected chi connectivity index (χ3v) is 4.15. The van der Waals surface area contributed by atoms with E-state index < -0.39 is 0 Å². The smallest absolute Gasteiger partial charge is 0.234 e. The second-order valence-corrected chi connectivity index (χ2v) is 6.20. The summed E-state index contributed by atoms with van der Waals surface area (Å²) in [6.45, 7) is 1.45. The molecule has 2 aromatic carbocycles. The highest BCUT2D eigenvalue weighted by Crippen LogP contribution is 2.26. The molecule has 2 aromatic rings. The monoisotopic (exact) mass is 360 g/mol. The summed E-state index contributed by atoms with van der Waals surface area (Å²) in [7, 11) is 3.11. The van der Waals surface area contributed by atoms with Gasteiger partial charge in [-0.1, -0.05) is 6.07 Å². The van der Waals surface area contributed by atoms with Crippen molar-refractivity contribution < 1.29 is 19.1 Å². The molecule has 0 aliphatic rings. The van der Waals surface area contributed by atoms with Crippen LogP contribution in [-0.2, 0) is 9.59 Å². The van der Waals surface area contributed by atoms with Crippen molar-refractivity contribution in [2.24, 2.45) is 0 Å². The molecule has 0 fully saturated rings. The first-order chi connectivity index (χ1) is 12.0. The highest BCUT2D eigenvalue weighted by Gasteiger charge is 2.07. The Labute approximate surface area is 150 Å². The maximum absolute atomic E-state index is 12.2. The van der Waals surface area contributed by atoms with Gasteiger partial charge in [-0.15, -0.1) is 11.8 Å². The molecule has 7 heteroatoms. The topological polar surface area (TPSA) is 76.7 Å². The molecule has 2 N–H and O–H groups in total. The van der Waals surface area contributed by atoms with E-state index in [1.807, 2.05) is 18.2 Å². The molecule has 25 heavy (non-hydrogen) atoms. The largest absolute Gasteiger partial charge is 0.497 e. The molecule has 0 atom stereocenters. The fourth-order valence-corrected chi connectivity index (χ4v) is 2.85. The van der Waals surface area contributed by atoms with Gasteiger partial charge in [0.25, 0.3) is 0 Å². The summed E-state index contributed by atoms with van der Waals surface area (Å²) in [4.78, 5) is 24.2. The number of hydrogen-bond donors (Lipinski definition) is 2. The number of hydrogen-bond acceptors (Lipinski definition) is 5. The fraction of sp³-hybridized carbons (Fsp3) is 0.222. The van der Waals surface area contributed by atoms with Gasteiger partial charge in [-0.25, -0.2) is 0 Å². The van der Waals surface area contributed by atoms with Gasteiger partial charge in [-0.3, -0.25) is 9.59 Å². The van der Waals surface area contributed by atoms with Gasteiger partial charge in [0.05, 0.1) is 20.0 Å². The van der Waals surface area contributed by atoms with Crippen molar-refractivity contribution in [3.63, 3.8) is 0 Å². The van der Waals surface area contributed by atoms with Crippen LogP contribution in [0.4, 0.5) is 11.4 Å². The molecule has 0 unspecified atom stereocenters. The molecule has 0 bridgehead atoms. The fourth-order valence-electron chi connectivity index (χ4n) is 2.09. The molecule has 0 aliphatic heterocycles. The second-order valence-electron chi connectivity index (χ2n) is 5.15. The first-order valence-electron chi connectivity index (χ1n) is 7.53. The number of anilines is 2.